The molecule has 2 atom stereocenters. The van der Waals surface area contributed by atoms with Crippen LogP contribution in [0.15, 0.2) is 24.3 Å². The van der Waals surface area contributed by atoms with Crippen molar-refractivity contribution in [3.05, 3.63) is 24.3 Å². The van der Waals surface area contributed by atoms with Gasteiger partial charge in [-0.3, -0.25) is 4.79 Å². The summed E-state index contributed by atoms with van der Waals surface area (Å²) < 4.78 is 11.0. The number of amides is 1. The number of nitrogens with two attached hydrogens (primary N) is 1. The lowest BCUT2D eigenvalue weighted by Crippen LogP contribution is -2.32. The minimum Gasteiger partial charge on any atom is -0.488 e. The predicted octanol–water partition coefficient (Wildman–Crippen LogP) is 1.56. The topological polar surface area (TPSA) is 73.6 Å². The molecular formula is C13H19ClN2O3. The molecule has 0 bridgehead atoms. The summed E-state index contributed by atoms with van der Waals surface area (Å²) in [6.45, 7) is 3.04. The van der Waals surface area contributed by atoms with Crippen LogP contribution in [-0.2, 0) is 9.53 Å². The Hall–Kier alpha value is -1.30. The van der Waals surface area contributed by atoms with Crippen LogP contribution in [0.5, 0.6) is 5.75 Å². The molecule has 6 heteroatoms. The van der Waals surface area contributed by atoms with E-state index in [1.54, 1.807) is 19.1 Å². The SMILES string of the molecule is C[C@H](N)C(=O)Nc1ccc(OC2CCOC2)cc1.Cl. The molecule has 106 valence electrons. The second kappa shape index (κ2) is 7.33. The van der Waals surface area contributed by atoms with E-state index in [0.29, 0.717) is 12.3 Å². The van der Waals surface area contributed by atoms with Gasteiger partial charge in [0.25, 0.3) is 0 Å². The first kappa shape index (κ1) is 15.8. The van der Waals surface area contributed by atoms with Crippen LogP contribution in [0.25, 0.3) is 0 Å². The molecule has 2 rings (SSSR count). The Kier molecular flexibility index (Phi) is 6.08. The van der Waals surface area contributed by atoms with Crippen molar-refractivity contribution in [2.45, 2.75) is 25.5 Å². The van der Waals surface area contributed by atoms with Crippen molar-refractivity contribution in [1.29, 1.82) is 0 Å². The Morgan fingerprint density at radius 3 is 2.68 bits per heavy atom. The summed E-state index contributed by atoms with van der Waals surface area (Å²) in [4.78, 5) is 11.4. The molecule has 1 heterocycles. The van der Waals surface area contributed by atoms with Crippen LogP contribution in [0, 0.1) is 0 Å². The molecule has 0 spiro atoms. The van der Waals surface area contributed by atoms with E-state index in [2.05, 4.69) is 5.32 Å². The van der Waals surface area contributed by atoms with Gasteiger partial charge in [0, 0.05) is 12.1 Å². The van der Waals surface area contributed by atoms with Gasteiger partial charge in [0.2, 0.25) is 5.91 Å². The van der Waals surface area contributed by atoms with E-state index in [0.717, 1.165) is 18.8 Å². The van der Waals surface area contributed by atoms with Crippen LogP contribution in [0.1, 0.15) is 13.3 Å². The molecule has 0 saturated carbocycles. The van der Waals surface area contributed by atoms with Crippen molar-refractivity contribution in [3.63, 3.8) is 0 Å². The van der Waals surface area contributed by atoms with E-state index < -0.39 is 6.04 Å². The van der Waals surface area contributed by atoms with E-state index in [-0.39, 0.29) is 24.4 Å². The standard InChI is InChI=1S/C13H18N2O3.ClH/c1-9(14)13(16)15-10-2-4-11(5-3-10)18-12-6-7-17-8-12;/h2-5,9,12H,6-8,14H2,1H3,(H,15,16);1H/t9-,12?;/m0./s1. The number of carbonyl (C=O) groups is 1. The molecule has 1 aliphatic heterocycles. The molecule has 1 fully saturated rings. The van der Waals surface area contributed by atoms with Crippen molar-refractivity contribution in [3.8, 4) is 5.75 Å². The van der Waals surface area contributed by atoms with Crippen molar-refractivity contribution >= 4 is 24.0 Å². The Morgan fingerprint density at radius 2 is 2.16 bits per heavy atom. The fraction of sp³-hybridized carbons (Fsp3) is 0.462. The Labute approximate surface area is 118 Å². The average Bonchev–Trinajstić information content (AvgIpc) is 2.84. The summed E-state index contributed by atoms with van der Waals surface area (Å²) in [6, 6.07) is 6.73. The highest BCUT2D eigenvalue weighted by atomic mass is 35.5. The van der Waals surface area contributed by atoms with Gasteiger partial charge in [-0.05, 0) is 31.2 Å². The molecule has 1 aromatic rings. The number of hydrogen-bond acceptors (Lipinski definition) is 4. The fourth-order valence-corrected chi connectivity index (χ4v) is 1.67. The summed E-state index contributed by atoms with van der Waals surface area (Å²) in [5.41, 5.74) is 6.19. The molecule has 1 saturated heterocycles. The quantitative estimate of drug-likeness (QED) is 0.881. The van der Waals surface area contributed by atoms with Crippen LogP contribution in [0.3, 0.4) is 0 Å². The normalized spacial score (nSPS) is 19.4. The van der Waals surface area contributed by atoms with Crippen molar-refractivity contribution in [2.24, 2.45) is 5.73 Å². The molecule has 19 heavy (non-hydrogen) atoms. The smallest absolute Gasteiger partial charge is 0.240 e. The van der Waals surface area contributed by atoms with E-state index in [9.17, 15) is 4.79 Å². The maximum Gasteiger partial charge on any atom is 0.240 e. The van der Waals surface area contributed by atoms with Crippen LogP contribution in [0.4, 0.5) is 5.69 Å². The van der Waals surface area contributed by atoms with E-state index >= 15 is 0 Å². The molecule has 5 nitrogen and oxygen atoms in total. The number of rotatable bonds is 4. The van der Waals surface area contributed by atoms with Gasteiger partial charge in [0.05, 0.1) is 19.3 Å². The Balaban J connectivity index is 0.00000180. The number of anilines is 1. The number of carbonyl (C=O) groups excluding carboxylic acids is 1. The molecule has 1 amide bonds. The van der Waals surface area contributed by atoms with Crippen molar-refractivity contribution in [1.82, 2.24) is 0 Å². The second-order valence-electron chi connectivity index (χ2n) is 4.41. The molecule has 1 aromatic carbocycles. The molecule has 1 aliphatic rings. The Bertz CT molecular complexity index is 403. The zero-order chi connectivity index (χ0) is 13.0. The van der Waals surface area contributed by atoms with Crippen molar-refractivity contribution in [2.75, 3.05) is 18.5 Å². The van der Waals surface area contributed by atoms with Crippen LogP contribution < -0.4 is 15.8 Å². The number of hydrogen-bond donors (Lipinski definition) is 2. The lowest BCUT2D eigenvalue weighted by molar-refractivity contribution is -0.117. The summed E-state index contributed by atoms with van der Waals surface area (Å²) in [6.07, 6.45) is 1.05. The number of benzene rings is 1. The van der Waals surface area contributed by atoms with Gasteiger partial charge in [-0.1, -0.05) is 0 Å². The summed E-state index contributed by atoms with van der Waals surface area (Å²) in [5.74, 6) is 0.581. The van der Waals surface area contributed by atoms with Gasteiger partial charge in [-0.15, -0.1) is 12.4 Å². The molecule has 0 aliphatic carbocycles. The summed E-state index contributed by atoms with van der Waals surface area (Å²) in [5, 5.41) is 2.72. The predicted molar refractivity (Wildman–Crippen MR) is 75.8 cm³/mol. The molecule has 3 N–H and O–H groups in total. The van der Waals surface area contributed by atoms with E-state index in [1.807, 2.05) is 12.1 Å². The highest BCUT2D eigenvalue weighted by Crippen LogP contribution is 2.19. The fourth-order valence-electron chi connectivity index (χ4n) is 1.67. The molecule has 0 radical (unpaired) electrons. The molecule has 1 unspecified atom stereocenters. The monoisotopic (exact) mass is 286 g/mol. The Morgan fingerprint density at radius 1 is 1.47 bits per heavy atom. The zero-order valence-corrected chi connectivity index (χ0v) is 11.6. The van der Waals surface area contributed by atoms with Gasteiger partial charge in [-0.25, -0.2) is 0 Å². The highest BCUT2D eigenvalue weighted by molar-refractivity contribution is 5.94. The average molecular weight is 287 g/mol. The second-order valence-corrected chi connectivity index (χ2v) is 4.41. The summed E-state index contributed by atoms with van der Waals surface area (Å²) >= 11 is 0. The van der Waals surface area contributed by atoms with Crippen LogP contribution in [-0.4, -0.2) is 31.3 Å². The lowest BCUT2D eigenvalue weighted by Gasteiger charge is -2.12. The largest absolute Gasteiger partial charge is 0.488 e. The van der Waals surface area contributed by atoms with Gasteiger partial charge < -0.3 is 20.5 Å². The maximum absolute atomic E-state index is 11.4. The van der Waals surface area contributed by atoms with Gasteiger partial charge in [-0.2, -0.15) is 0 Å². The van der Waals surface area contributed by atoms with Gasteiger partial charge in [0.1, 0.15) is 11.9 Å². The van der Waals surface area contributed by atoms with E-state index in [1.165, 1.54) is 0 Å². The third kappa shape index (κ3) is 4.70. The first-order valence-corrected chi connectivity index (χ1v) is 6.06. The highest BCUT2D eigenvalue weighted by Gasteiger charge is 2.17. The van der Waals surface area contributed by atoms with Gasteiger partial charge in [0.15, 0.2) is 0 Å². The number of nitrogens with one attached hydrogen (secondary N) is 1. The lowest BCUT2D eigenvalue weighted by atomic mass is 10.2. The number of halogens is 1. The zero-order valence-electron chi connectivity index (χ0n) is 10.8. The van der Waals surface area contributed by atoms with Crippen LogP contribution >= 0.6 is 12.4 Å². The third-order valence-electron chi connectivity index (χ3n) is 2.73. The first-order valence-electron chi connectivity index (χ1n) is 6.06. The van der Waals surface area contributed by atoms with Crippen LogP contribution in [0.2, 0.25) is 0 Å². The third-order valence-corrected chi connectivity index (χ3v) is 2.73. The first-order chi connectivity index (χ1) is 8.65. The minimum atomic E-state index is -0.517. The molecular weight excluding hydrogens is 268 g/mol. The number of ether oxygens (including phenoxy) is 2. The molecule has 0 aromatic heterocycles. The summed E-state index contributed by atoms with van der Waals surface area (Å²) in [7, 11) is 0. The van der Waals surface area contributed by atoms with Gasteiger partial charge >= 0.3 is 0 Å². The minimum absolute atomic E-state index is 0. The van der Waals surface area contributed by atoms with E-state index in [4.69, 9.17) is 15.2 Å². The van der Waals surface area contributed by atoms with Crippen molar-refractivity contribution < 1.29 is 14.3 Å². The maximum atomic E-state index is 11.4.